The van der Waals surface area contributed by atoms with Crippen molar-refractivity contribution < 1.29 is 0 Å². The summed E-state index contributed by atoms with van der Waals surface area (Å²) in [6, 6.07) is 9.77. The summed E-state index contributed by atoms with van der Waals surface area (Å²) in [5, 5.41) is 0. The summed E-state index contributed by atoms with van der Waals surface area (Å²) in [5.41, 5.74) is 7.17. The van der Waals surface area contributed by atoms with Crippen LogP contribution < -0.4 is 5.73 Å². The lowest BCUT2D eigenvalue weighted by Crippen LogP contribution is -2.30. The molecule has 0 aromatic heterocycles. The van der Waals surface area contributed by atoms with Crippen molar-refractivity contribution >= 4 is 15.9 Å². The number of likely N-dealkylation sites (tertiary alicyclic amines) is 1. The third-order valence-electron chi connectivity index (χ3n) is 3.89. The Balaban J connectivity index is 2.09. The molecule has 1 aliphatic heterocycles. The van der Waals surface area contributed by atoms with E-state index in [1.165, 1.54) is 12.0 Å². The van der Waals surface area contributed by atoms with Gasteiger partial charge in [0.05, 0.1) is 0 Å². The summed E-state index contributed by atoms with van der Waals surface area (Å²) in [6.45, 7) is 6.55. The van der Waals surface area contributed by atoms with Crippen LogP contribution in [-0.4, -0.2) is 24.0 Å². The van der Waals surface area contributed by atoms with Crippen molar-refractivity contribution in [1.82, 2.24) is 4.90 Å². The molecule has 2 nitrogen and oxygen atoms in total. The summed E-state index contributed by atoms with van der Waals surface area (Å²) >= 11 is 3.48. The number of halogens is 1. The van der Waals surface area contributed by atoms with Gasteiger partial charge in [-0.25, -0.2) is 0 Å². The molecule has 1 aromatic rings. The minimum absolute atomic E-state index is 0.481. The molecule has 0 aliphatic carbocycles. The second-order valence-electron chi connectivity index (χ2n) is 5.11. The average molecular weight is 297 g/mol. The maximum absolute atomic E-state index is 5.78. The zero-order chi connectivity index (χ0) is 12.4. The Hall–Kier alpha value is -0.380. The Kier molecular flexibility index (Phi) is 4.23. The molecule has 0 amide bonds. The molecule has 3 heteroatoms. The Labute approximate surface area is 112 Å². The molecule has 94 valence electrons. The van der Waals surface area contributed by atoms with Gasteiger partial charge in [-0.2, -0.15) is 0 Å². The molecule has 2 rings (SSSR count). The third kappa shape index (κ3) is 2.90. The Morgan fingerprint density at radius 2 is 2.06 bits per heavy atom. The maximum Gasteiger partial charge on any atom is 0.0322 e. The Morgan fingerprint density at radius 1 is 1.41 bits per heavy atom. The van der Waals surface area contributed by atoms with Gasteiger partial charge in [-0.3, -0.25) is 4.90 Å². The van der Waals surface area contributed by atoms with Gasteiger partial charge in [-0.15, -0.1) is 0 Å². The minimum Gasteiger partial charge on any atom is -0.330 e. The van der Waals surface area contributed by atoms with E-state index in [0.717, 1.165) is 17.6 Å². The van der Waals surface area contributed by atoms with Crippen LogP contribution in [0.3, 0.4) is 0 Å². The first-order valence-electron chi connectivity index (χ1n) is 6.33. The standard InChI is InChI=1S/C14H21BrN2/c1-10-7-12(8-16)9-17(10)11(2)13-3-5-14(15)6-4-13/h3-6,10-12H,7-9,16H2,1-2H3. The lowest BCUT2D eigenvalue weighted by molar-refractivity contribution is 0.200. The Morgan fingerprint density at radius 3 is 2.59 bits per heavy atom. The van der Waals surface area contributed by atoms with E-state index in [9.17, 15) is 0 Å². The van der Waals surface area contributed by atoms with Gasteiger partial charge >= 0.3 is 0 Å². The van der Waals surface area contributed by atoms with Gasteiger partial charge in [-0.05, 0) is 50.4 Å². The quantitative estimate of drug-likeness (QED) is 0.928. The van der Waals surface area contributed by atoms with Crippen LogP contribution in [0.15, 0.2) is 28.7 Å². The molecule has 17 heavy (non-hydrogen) atoms. The van der Waals surface area contributed by atoms with Crippen LogP contribution in [0, 0.1) is 5.92 Å². The van der Waals surface area contributed by atoms with Crippen molar-refractivity contribution in [3.05, 3.63) is 34.3 Å². The van der Waals surface area contributed by atoms with E-state index >= 15 is 0 Å². The fourth-order valence-electron chi connectivity index (χ4n) is 2.81. The average Bonchev–Trinajstić information content (AvgIpc) is 2.71. The number of nitrogens with zero attached hydrogens (tertiary/aromatic N) is 1. The predicted octanol–water partition coefficient (Wildman–Crippen LogP) is 3.18. The molecule has 1 aromatic carbocycles. The first-order valence-corrected chi connectivity index (χ1v) is 7.12. The number of rotatable bonds is 3. The smallest absolute Gasteiger partial charge is 0.0322 e. The summed E-state index contributed by atoms with van der Waals surface area (Å²) in [5.74, 6) is 0.669. The van der Waals surface area contributed by atoms with Gasteiger partial charge in [0.1, 0.15) is 0 Å². The van der Waals surface area contributed by atoms with Crippen molar-refractivity contribution in [1.29, 1.82) is 0 Å². The third-order valence-corrected chi connectivity index (χ3v) is 4.42. The first kappa shape index (κ1) is 13.1. The first-order chi connectivity index (χ1) is 8.11. The summed E-state index contributed by atoms with van der Waals surface area (Å²) in [6.07, 6.45) is 1.23. The number of benzene rings is 1. The highest BCUT2D eigenvalue weighted by atomic mass is 79.9. The lowest BCUT2D eigenvalue weighted by atomic mass is 10.1. The van der Waals surface area contributed by atoms with Gasteiger partial charge in [-0.1, -0.05) is 28.1 Å². The topological polar surface area (TPSA) is 29.3 Å². The molecule has 1 fully saturated rings. The highest BCUT2D eigenvalue weighted by Gasteiger charge is 2.31. The van der Waals surface area contributed by atoms with Crippen LogP contribution in [0.4, 0.5) is 0 Å². The molecule has 0 radical (unpaired) electrons. The fraction of sp³-hybridized carbons (Fsp3) is 0.571. The highest BCUT2D eigenvalue weighted by molar-refractivity contribution is 9.10. The molecule has 0 saturated carbocycles. The molecule has 1 aliphatic rings. The van der Waals surface area contributed by atoms with Crippen molar-refractivity contribution in [3.8, 4) is 0 Å². The van der Waals surface area contributed by atoms with Crippen molar-refractivity contribution in [2.45, 2.75) is 32.4 Å². The van der Waals surface area contributed by atoms with Gasteiger partial charge < -0.3 is 5.73 Å². The molecular formula is C14H21BrN2. The zero-order valence-electron chi connectivity index (χ0n) is 10.6. The molecule has 1 saturated heterocycles. The predicted molar refractivity (Wildman–Crippen MR) is 75.9 cm³/mol. The van der Waals surface area contributed by atoms with E-state index in [1.807, 2.05) is 0 Å². The van der Waals surface area contributed by atoms with Crippen molar-refractivity contribution in [2.24, 2.45) is 11.7 Å². The maximum atomic E-state index is 5.78. The van der Waals surface area contributed by atoms with E-state index in [1.54, 1.807) is 0 Å². The molecule has 0 bridgehead atoms. The van der Waals surface area contributed by atoms with E-state index < -0.39 is 0 Å². The second-order valence-corrected chi connectivity index (χ2v) is 6.03. The van der Waals surface area contributed by atoms with Gasteiger partial charge in [0, 0.05) is 23.1 Å². The minimum atomic E-state index is 0.481. The molecule has 0 spiro atoms. The van der Waals surface area contributed by atoms with Crippen LogP contribution in [0.1, 0.15) is 31.9 Å². The fourth-order valence-corrected chi connectivity index (χ4v) is 3.08. The second kappa shape index (κ2) is 5.51. The van der Waals surface area contributed by atoms with E-state index in [0.29, 0.717) is 18.0 Å². The van der Waals surface area contributed by atoms with Crippen LogP contribution in [0.25, 0.3) is 0 Å². The largest absolute Gasteiger partial charge is 0.330 e. The molecule has 2 N–H and O–H groups in total. The van der Waals surface area contributed by atoms with E-state index in [-0.39, 0.29) is 0 Å². The lowest BCUT2D eigenvalue weighted by Gasteiger charge is -2.29. The van der Waals surface area contributed by atoms with Crippen molar-refractivity contribution in [3.63, 3.8) is 0 Å². The molecule has 1 heterocycles. The SMILES string of the molecule is CC1CC(CN)CN1C(C)c1ccc(Br)cc1. The van der Waals surface area contributed by atoms with E-state index in [2.05, 4.69) is 58.9 Å². The summed E-state index contributed by atoms with van der Waals surface area (Å²) in [4.78, 5) is 2.57. The molecule has 3 atom stereocenters. The molecule has 3 unspecified atom stereocenters. The number of nitrogens with two attached hydrogens (primary N) is 1. The van der Waals surface area contributed by atoms with Crippen molar-refractivity contribution in [2.75, 3.05) is 13.1 Å². The number of hydrogen-bond acceptors (Lipinski definition) is 2. The molecular weight excluding hydrogens is 276 g/mol. The monoisotopic (exact) mass is 296 g/mol. The van der Waals surface area contributed by atoms with Crippen LogP contribution >= 0.6 is 15.9 Å². The highest BCUT2D eigenvalue weighted by Crippen LogP contribution is 2.31. The zero-order valence-corrected chi connectivity index (χ0v) is 12.2. The summed E-state index contributed by atoms with van der Waals surface area (Å²) < 4.78 is 1.14. The summed E-state index contributed by atoms with van der Waals surface area (Å²) in [7, 11) is 0. The number of hydrogen-bond donors (Lipinski definition) is 1. The van der Waals surface area contributed by atoms with Gasteiger partial charge in [0.2, 0.25) is 0 Å². The van der Waals surface area contributed by atoms with Crippen LogP contribution in [0.5, 0.6) is 0 Å². The Bertz CT molecular complexity index is 363. The van der Waals surface area contributed by atoms with Crippen LogP contribution in [0.2, 0.25) is 0 Å². The van der Waals surface area contributed by atoms with E-state index in [4.69, 9.17) is 5.73 Å². The van der Waals surface area contributed by atoms with Gasteiger partial charge in [0.15, 0.2) is 0 Å². The van der Waals surface area contributed by atoms with Crippen LogP contribution in [-0.2, 0) is 0 Å². The normalized spacial score (nSPS) is 27.3. The van der Waals surface area contributed by atoms with Gasteiger partial charge in [0.25, 0.3) is 0 Å².